The molecule has 0 aromatic heterocycles. The first-order valence-electron chi connectivity index (χ1n) is 8.88. The van der Waals surface area contributed by atoms with Gasteiger partial charge in [-0.15, -0.1) is 0 Å². The van der Waals surface area contributed by atoms with Crippen LogP contribution in [-0.4, -0.2) is 66.8 Å². The van der Waals surface area contributed by atoms with Crippen molar-refractivity contribution in [2.24, 2.45) is 0 Å². The maximum Gasteiger partial charge on any atom is 0.410 e. The molecule has 1 saturated heterocycles. The second kappa shape index (κ2) is 8.44. The zero-order valence-corrected chi connectivity index (χ0v) is 17.2. The molecule has 1 aromatic rings. The van der Waals surface area contributed by atoms with Gasteiger partial charge >= 0.3 is 6.09 Å². The fourth-order valence-corrected chi connectivity index (χ4v) is 3.59. The highest BCUT2D eigenvalue weighted by Crippen LogP contribution is 2.31. The van der Waals surface area contributed by atoms with E-state index in [1.807, 2.05) is 0 Å². The minimum atomic E-state index is -3.83. The second-order valence-electron chi connectivity index (χ2n) is 7.69. The average molecular weight is 417 g/mol. The molecule has 9 nitrogen and oxygen atoms in total. The predicted octanol–water partition coefficient (Wildman–Crippen LogP) is 2.22. The summed E-state index contributed by atoms with van der Waals surface area (Å²) in [5.41, 5.74) is -0.689. The number of aromatic hydroxyl groups is 2. The van der Waals surface area contributed by atoms with Crippen molar-refractivity contribution >= 4 is 16.2 Å². The van der Waals surface area contributed by atoms with Crippen molar-refractivity contribution in [2.45, 2.75) is 51.4 Å². The number of benzene rings is 1. The number of phenolic OH excluding ortho intramolecular Hbond substituents is 2. The maximum absolute atomic E-state index is 12.5. The largest absolute Gasteiger partial charge is 0.508 e. The van der Waals surface area contributed by atoms with Crippen molar-refractivity contribution in [3.63, 3.8) is 0 Å². The van der Waals surface area contributed by atoms with Gasteiger partial charge < -0.3 is 24.6 Å². The van der Waals surface area contributed by atoms with E-state index in [0.29, 0.717) is 19.4 Å². The first kappa shape index (κ1) is 22.1. The Balaban J connectivity index is 2.18. The molecule has 158 valence electrons. The molecular formula is C18H27NO8S. The number of amides is 1. The summed E-state index contributed by atoms with van der Waals surface area (Å²) in [7, 11) is -3.83. The van der Waals surface area contributed by atoms with Crippen molar-refractivity contribution in [2.75, 3.05) is 19.4 Å². The Morgan fingerprint density at radius 3 is 2.57 bits per heavy atom. The molecule has 1 fully saturated rings. The third-order valence-corrected chi connectivity index (χ3v) is 4.60. The fourth-order valence-electron chi connectivity index (χ4n) is 2.95. The topological polar surface area (TPSA) is 123 Å². The van der Waals surface area contributed by atoms with Crippen LogP contribution in [0, 0.1) is 0 Å². The number of phenols is 2. The number of likely N-dealkylation sites (tertiary alicyclic amines) is 1. The van der Waals surface area contributed by atoms with E-state index >= 15 is 0 Å². The van der Waals surface area contributed by atoms with Crippen LogP contribution in [0.3, 0.4) is 0 Å². The number of ether oxygens (including phenoxy) is 2. The van der Waals surface area contributed by atoms with E-state index in [0.717, 1.165) is 12.3 Å². The fraction of sp³-hybridized carbons (Fsp3) is 0.611. The zero-order chi connectivity index (χ0) is 21.1. The first-order chi connectivity index (χ1) is 12.9. The predicted molar refractivity (Wildman–Crippen MR) is 101 cm³/mol. The standard InChI is InChI=1S/C18H27NO8S/c1-18(2,3)26-17(22)19-9-5-6-13(19)16(27-28(4,23)24)11-25-15-8-7-12(20)10-14(15)21/h7-8,10,13,16,20-21H,5-6,9,11H2,1-4H3/t13-,16+/m0/s1. The smallest absolute Gasteiger partial charge is 0.410 e. The van der Waals surface area contributed by atoms with Crippen molar-refractivity contribution < 1.29 is 37.1 Å². The zero-order valence-electron chi connectivity index (χ0n) is 16.4. The normalized spacial score (nSPS) is 18.7. The van der Waals surface area contributed by atoms with Crippen molar-refractivity contribution in [3.8, 4) is 17.2 Å². The summed E-state index contributed by atoms with van der Waals surface area (Å²) in [6.45, 7) is 5.43. The average Bonchev–Trinajstić information content (AvgIpc) is 2.99. The van der Waals surface area contributed by atoms with Gasteiger partial charge in [-0.1, -0.05) is 0 Å². The summed E-state index contributed by atoms with van der Waals surface area (Å²) >= 11 is 0. The van der Waals surface area contributed by atoms with E-state index in [9.17, 15) is 23.4 Å². The van der Waals surface area contributed by atoms with Gasteiger partial charge in [-0.2, -0.15) is 8.42 Å². The van der Waals surface area contributed by atoms with Crippen molar-refractivity contribution in [3.05, 3.63) is 18.2 Å². The Kier molecular flexibility index (Phi) is 6.66. The van der Waals surface area contributed by atoms with Crippen LogP contribution < -0.4 is 4.74 Å². The van der Waals surface area contributed by atoms with Crippen molar-refractivity contribution in [1.82, 2.24) is 4.90 Å². The second-order valence-corrected chi connectivity index (χ2v) is 9.29. The molecule has 1 heterocycles. The molecule has 2 N–H and O–H groups in total. The van der Waals surface area contributed by atoms with Gasteiger partial charge in [-0.05, 0) is 45.7 Å². The van der Waals surface area contributed by atoms with Crippen LogP contribution >= 0.6 is 0 Å². The van der Waals surface area contributed by atoms with Crippen molar-refractivity contribution in [1.29, 1.82) is 0 Å². The Hall–Kier alpha value is -2.20. The van der Waals surface area contributed by atoms with E-state index in [1.165, 1.54) is 17.0 Å². The van der Waals surface area contributed by atoms with Gasteiger partial charge in [0, 0.05) is 12.6 Å². The van der Waals surface area contributed by atoms with E-state index in [2.05, 4.69) is 0 Å². The lowest BCUT2D eigenvalue weighted by molar-refractivity contribution is 0.00342. The lowest BCUT2D eigenvalue weighted by atomic mass is 10.1. The highest BCUT2D eigenvalue weighted by atomic mass is 32.2. The molecule has 1 aliphatic rings. The minimum Gasteiger partial charge on any atom is -0.508 e. The quantitative estimate of drug-likeness (QED) is 0.676. The highest BCUT2D eigenvalue weighted by Gasteiger charge is 2.39. The number of carbonyl (C=O) groups is 1. The van der Waals surface area contributed by atoms with Crippen LogP contribution in [0.1, 0.15) is 33.6 Å². The molecule has 0 unspecified atom stereocenters. The Morgan fingerprint density at radius 1 is 1.32 bits per heavy atom. The molecule has 2 atom stereocenters. The summed E-state index contributed by atoms with van der Waals surface area (Å²) < 4.78 is 39.6. The van der Waals surface area contributed by atoms with Crippen LogP contribution in [0.15, 0.2) is 18.2 Å². The molecule has 2 rings (SSSR count). The highest BCUT2D eigenvalue weighted by molar-refractivity contribution is 7.86. The minimum absolute atomic E-state index is 0.0571. The number of nitrogens with zero attached hydrogens (tertiary/aromatic N) is 1. The Morgan fingerprint density at radius 2 is 2.00 bits per heavy atom. The van der Waals surface area contributed by atoms with Crippen LogP contribution in [0.4, 0.5) is 4.79 Å². The van der Waals surface area contributed by atoms with E-state index in [4.69, 9.17) is 13.7 Å². The monoisotopic (exact) mass is 417 g/mol. The molecule has 0 aliphatic carbocycles. The first-order valence-corrected chi connectivity index (χ1v) is 10.7. The molecular weight excluding hydrogens is 390 g/mol. The summed E-state index contributed by atoms with van der Waals surface area (Å²) in [4.78, 5) is 13.9. The van der Waals surface area contributed by atoms with Gasteiger partial charge in [0.15, 0.2) is 11.5 Å². The summed E-state index contributed by atoms with van der Waals surface area (Å²) in [5, 5.41) is 19.2. The van der Waals surface area contributed by atoms with Gasteiger partial charge in [0.05, 0.1) is 12.3 Å². The van der Waals surface area contributed by atoms with Gasteiger partial charge in [0.25, 0.3) is 10.1 Å². The van der Waals surface area contributed by atoms with Gasteiger partial charge in [0.1, 0.15) is 24.1 Å². The van der Waals surface area contributed by atoms with Gasteiger partial charge in [-0.25, -0.2) is 4.79 Å². The molecule has 0 spiro atoms. The molecule has 0 bridgehead atoms. The van der Waals surface area contributed by atoms with Crippen LogP contribution in [0.5, 0.6) is 17.2 Å². The Labute approximate surface area is 164 Å². The summed E-state index contributed by atoms with van der Waals surface area (Å²) in [6, 6.07) is 3.21. The third-order valence-electron chi connectivity index (χ3n) is 4.00. The maximum atomic E-state index is 12.5. The molecule has 1 aromatic carbocycles. The van der Waals surface area contributed by atoms with E-state index < -0.39 is 34.0 Å². The number of hydrogen-bond donors (Lipinski definition) is 2. The molecule has 1 aliphatic heterocycles. The number of rotatable bonds is 6. The molecule has 10 heteroatoms. The SMILES string of the molecule is CC(C)(C)OC(=O)N1CCC[C@H]1[C@@H](COc1ccc(O)cc1O)OS(C)(=O)=O. The molecule has 1 amide bonds. The van der Waals surface area contributed by atoms with Crippen LogP contribution in [0.25, 0.3) is 0 Å². The third kappa shape index (κ3) is 6.45. The molecule has 0 radical (unpaired) electrons. The lowest BCUT2D eigenvalue weighted by Crippen LogP contribution is -2.48. The summed E-state index contributed by atoms with van der Waals surface area (Å²) in [5.74, 6) is -0.379. The van der Waals surface area contributed by atoms with Gasteiger partial charge in [-0.3, -0.25) is 4.18 Å². The Bertz CT molecular complexity index is 802. The summed E-state index contributed by atoms with van der Waals surface area (Å²) in [6.07, 6.45) is 0.565. The van der Waals surface area contributed by atoms with Crippen LogP contribution in [0.2, 0.25) is 0 Å². The number of carbonyl (C=O) groups excluding carboxylic acids is 1. The number of hydrogen-bond acceptors (Lipinski definition) is 8. The van der Waals surface area contributed by atoms with Crippen LogP contribution in [-0.2, 0) is 19.0 Å². The lowest BCUT2D eigenvalue weighted by Gasteiger charge is -2.32. The molecule has 28 heavy (non-hydrogen) atoms. The van der Waals surface area contributed by atoms with Gasteiger partial charge in [0.2, 0.25) is 0 Å². The van der Waals surface area contributed by atoms with E-state index in [1.54, 1.807) is 20.8 Å². The molecule has 0 saturated carbocycles. The van der Waals surface area contributed by atoms with E-state index in [-0.39, 0.29) is 23.9 Å².